The number of amides is 2. The maximum Gasteiger partial charge on any atom is 0.393 e. The molecule has 2 fully saturated rings. The first-order valence-corrected chi connectivity index (χ1v) is 19.3. The molecule has 55 heavy (non-hydrogen) atoms. The number of hydrogen-bond acceptors (Lipinski definition) is 10. The van der Waals surface area contributed by atoms with Gasteiger partial charge in [-0.25, -0.2) is 9.78 Å². The standard InChI is InChI=1S/C39H35F3N6O5S2/c40-38(41,42)19-27(23-11-10-18-44-20-23)28-21-54-35-31(34(50)48(35)32(28)36(51)52)46-33(49)30(29-22-55-37(43)45-29)47-53-39(24-12-4-1-5-13-24,25-14-6-2-7-15-25)26-16-8-3-9-17-26/h1-9,12-17,22,31,35,44H,10-11,18-21H2,(H2,43,45)(H,46,49)(H,51,52)/t31-,35-/m1/s1. The predicted molar refractivity (Wildman–Crippen MR) is 203 cm³/mol. The van der Waals surface area contributed by atoms with E-state index in [4.69, 9.17) is 10.6 Å². The van der Waals surface area contributed by atoms with Gasteiger partial charge in [0.15, 0.2) is 10.8 Å². The van der Waals surface area contributed by atoms with Crippen LogP contribution in [0.25, 0.3) is 0 Å². The number of carbonyl (C=O) groups is 3. The molecule has 0 saturated carbocycles. The number of thiazole rings is 1. The fourth-order valence-electron chi connectivity index (χ4n) is 7.11. The number of anilines is 1. The molecule has 0 spiro atoms. The number of aromatic nitrogens is 1. The maximum absolute atomic E-state index is 14.2. The number of piperidine rings is 1. The van der Waals surface area contributed by atoms with E-state index >= 15 is 0 Å². The molecule has 4 aromatic rings. The topological polar surface area (TPSA) is 159 Å². The number of carboxylic acid groups (broad SMARTS) is 1. The highest BCUT2D eigenvalue weighted by molar-refractivity contribution is 8.00. The molecule has 3 aliphatic heterocycles. The molecule has 5 N–H and O–H groups in total. The zero-order valence-electron chi connectivity index (χ0n) is 29.1. The molecule has 0 radical (unpaired) electrons. The van der Waals surface area contributed by atoms with Gasteiger partial charge in [0.25, 0.3) is 11.8 Å². The van der Waals surface area contributed by atoms with Gasteiger partial charge >= 0.3 is 12.1 Å². The molecule has 0 bridgehead atoms. The molecule has 2 saturated heterocycles. The minimum Gasteiger partial charge on any atom is -0.477 e. The predicted octanol–water partition coefficient (Wildman–Crippen LogP) is 5.81. The average Bonchev–Trinajstić information content (AvgIpc) is 3.63. The number of allylic oxidation sites excluding steroid dienone is 1. The third-order valence-electron chi connectivity index (χ3n) is 9.59. The van der Waals surface area contributed by atoms with E-state index in [0.717, 1.165) is 28.0 Å². The molecule has 3 aliphatic rings. The summed E-state index contributed by atoms with van der Waals surface area (Å²) in [4.78, 5) is 52.4. The molecule has 2 amide bonds. The number of aliphatic carboxylic acids is 1. The summed E-state index contributed by atoms with van der Waals surface area (Å²) in [5.74, 6) is -3.29. The van der Waals surface area contributed by atoms with E-state index in [-0.39, 0.29) is 40.0 Å². The normalized spacial score (nSPS) is 20.0. The quantitative estimate of drug-likeness (QED) is 0.0637. The lowest BCUT2D eigenvalue weighted by molar-refractivity contribution is -0.150. The summed E-state index contributed by atoms with van der Waals surface area (Å²) in [5, 5.41) is 21.3. The van der Waals surface area contributed by atoms with Crippen LogP contribution in [0.4, 0.5) is 18.3 Å². The Morgan fingerprint density at radius 3 is 2.09 bits per heavy atom. The molecule has 16 heteroatoms. The molecular weight excluding hydrogens is 754 g/mol. The fraction of sp³-hybridized carbons (Fsp3) is 0.256. The van der Waals surface area contributed by atoms with Crippen LogP contribution in [0.2, 0.25) is 0 Å². The number of rotatable bonds is 11. The van der Waals surface area contributed by atoms with Gasteiger partial charge in [-0.1, -0.05) is 102 Å². The fourth-order valence-corrected chi connectivity index (χ4v) is 9.04. The molecule has 3 aromatic carbocycles. The number of oxime groups is 1. The van der Waals surface area contributed by atoms with E-state index in [2.05, 4.69) is 20.8 Å². The lowest BCUT2D eigenvalue weighted by Gasteiger charge is -2.49. The summed E-state index contributed by atoms with van der Waals surface area (Å²) in [7, 11) is 0. The average molecular weight is 789 g/mol. The second-order valence-electron chi connectivity index (χ2n) is 13.0. The zero-order chi connectivity index (χ0) is 38.7. The van der Waals surface area contributed by atoms with E-state index in [0.29, 0.717) is 41.6 Å². The molecular formula is C39H35F3N6O5S2. The third-order valence-corrected chi connectivity index (χ3v) is 11.5. The largest absolute Gasteiger partial charge is 0.477 e. The van der Waals surface area contributed by atoms with Crippen molar-refractivity contribution in [3.05, 3.63) is 141 Å². The summed E-state index contributed by atoms with van der Waals surface area (Å²) in [5.41, 5.74) is 6.26. The monoisotopic (exact) mass is 788 g/mol. The van der Waals surface area contributed by atoms with Crippen LogP contribution in [-0.4, -0.2) is 74.9 Å². The van der Waals surface area contributed by atoms with E-state index in [1.165, 1.54) is 5.38 Å². The van der Waals surface area contributed by atoms with Crippen LogP contribution in [0.5, 0.6) is 0 Å². The SMILES string of the molecule is Nc1nc(C(=NOC(c2ccccc2)(c2ccccc2)c2ccccc2)C(=O)N[C@@H]2C(=O)N3C(C(=O)O)=C(C(CC(F)(F)F)=C4CCCNC4)CS[C@H]23)cs1. The van der Waals surface area contributed by atoms with Crippen LogP contribution in [0.1, 0.15) is 41.6 Å². The van der Waals surface area contributed by atoms with Crippen molar-refractivity contribution in [2.45, 2.75) is 42.5 Å². The molecule has 284 valence electrons. The molecule has 1 aromatic heterocycles. The number of alkyl halides is 3. The summed E-state index contributed by atoms with van der Waals surface area (Å²) < 4.78 is 41.6. The van der Waals surface area contributed by atoms with Gasteiger partial charge in [-0.3, -0.25) is 14.5 Å². The smallest absolute Gasteiger partial charge is 0.393 e. The lowest BCUT2D eigenvalue weighted by Crippen LogP contribution is -2.71. The number of nitrogen functional groups attached to an aromatic ring is 1. The van der Waals surface area contributed by atoms with Crippen molar-refractivity contribution in [3.8, 4) is 0 Å². The van der Waals surface area contributed by atoms with Gasteiger partial charge in [0, 0.05) is 34.4 Å². The Hall–Kier alpha value is -5.45. The molecule has 7 rings (SSSR count). The molecule has 2 atom stereocenters. The highest BCUT2D eigenvalue weighted by atomic mass is 32.2. The number of carbonyl (C=O) groups excluding carboxylic acids is 2. The van der Waals surface area contributed by atoms with E-state index in [9.17, 15) is 32.7 Å². The number of nitrogens with zero attached hydrogens (tertiary/aromatic N) is 3. The number of nitrogens with one attached hydrogen (secondary N) is 2. The van der Waals surface area contributed by atoms with Gasteiger partial charge < -0.3 is 26.3 Å². The first kappa shape index (κ1) is 37.8. The number of nitrogens with two attached hydrogens (primary N) is 1. The Balaban J connectivity index is 1.24. The first-order valence-electron chi connectivity index (χ1n) is 17.3. The number of halogens is 3. The van der Waals surface area contributed by atoms with Crippen molar-refractivity contribution < 1.29 is 37.5 Å². The van der Waals surface area contributed by atoms with Crippen molar-refractivity contribution in [2.24, 2.45) is 5.16 Å². The van der Waals surface area contributed by atoms with Gasteiger partial charge in [-0.2, -0.15) is 13.2 Å². The zero-order valence-corrected chi connectivity index (χ0v) is 30.7. The number of carboxylic acids is 1. The Labute approximate surface area is 322 Å². The summed E-state index contributed by atoms with van der Waals surface area (Å²) in [6.45, 7) is 0.819. The van der Waals surface area contributed by atoms with E-state index < -0.39 is 53.1 Å². The van der Waals surface area contributed by atoms with Crippen molar-refractivity contribution in [3.63, 3.8) is 0 Å². The number of benzene rings is 3. The van der Waals surface area contributed by atoms with Gasteiger partial charge in [0.2, 0.25) is 5.60 Å². The third kappa shape index (κ3) is 7.61. The number of fused-ring (bicyclic) bond motifs is 1. The van der Waals surface area contributed by atoms with Crippen molar-refractivity contribution in [1.29, 1.82) is 0 Å². The summed E-state index contributed by atoms with van der Waals surface area (Å²) in [6.07, 6.45) is -4.96. The van der Waals surface area contributed by atoms with Crippen LogP contribution in [0.15, 0.2) is 124 Å². The summed E-state index contributed by atoms with van der Waals surface area (Å²) >= 11 is 2.14. The summed E-state index contributed by atoms with van der Waals surface area (Å²) in [6, 6.07) is 26.7. The molecule has 4 heterocycles. The van der Waals surface area contributed by atoms with Crippen LogP contribution in [0.3, 0.4) is 0 Å². The Kier molecular flexibility index (Phi) is 10.8. The molecule has 0 aliphatic carbocycles. The van der Waals surface area contributed by atoms with E-state index in [1.54, 1.807) is 0 Å². The Morgan fingerprint density at radius 1 is 1.00 bits per heavy atom. The molecule has 0 unspecified atom stereocenters. The van der Waals surface area contributed by atoms with Gasteiger partial charge in [-0.15, -0.1) is 23.1 Å². The van der Waals surface area contributed by atoms with Crippen LogP contribution >= 0.6 is 23.1 Å². The van der Waals surface area contributed by atoms with E-state index in [1.807, 2.05) is 91.0 Å². The number of β-lactam (4-membered cyclic amide) rings is 1. The van der Waals surface area contributed by atoms with Crippen molar-refractivity contribution in [2.75, 3.05) is 24.6 Å². The van der Waals surface area contributed by atoms with Gasteiger partial charge in [0.05, 0.1) is 6.42 Å². The van der Waals surface area contributed by atoms with Gasteiger partial charge in [-0.05, 0) is 30.5 Å². The number of thioether (sulfide) groups is 1. The van der Waals surface area contributed by atoms with Crippen molar-refractivity contribution >= 4 is 51.7 Å². The van der Waals surface area contributed by atoms with Gasteiger partial charge in [0.1, 0.15) is 22.8 Å². The number of hydrogen-bond donors (Lipinski definition) is 4. The maximum atomic E-state index is 14.2. The lowest BCUT2D eigenvalue weighted by atomic mass is 9.80. The second kappa shape index (κ2) is 15.7. The van der Waals surface area contributed by atoms with Crippen LogP contribution in [0, 0.1) is 0 Å². The Morgan fingerprint density at radius 2 is 1.60 bits per heavy atom. The highest BCUT2D eigenvalue weighted by Gasteiger charge is 2.55. The van der Waals surface area contributed by atoms with Crippen LogP contribution in [-0.2, 0) is 24.8 Å². The minimum absolute atomic E-state index is 0.0458. The highest BCUT2D eigenvalue weighted by Crippen LogP contribution is 2.45. The Bertz CT molecular complexity index is 2070. The van der Waals surface area contributed by atoms with Crippen molar-refractivity contribution in [1.82, 2.24) is 20.5 Å². The molecule has 11 nitrogen and oxygen atoms in total. The minimum atomic E-state index is -4.61. The first-order chi connectivity index (χ1) is 26.5. The second-order valence-corrected chi connectivity index (χ2v) is 15.0. The van der Waals surface area contributed by atoms with Crippen LogP contribution < -0.4 is 16.4 Å².